The van der Waals surface area contributed by atoms with E-state index in [0.29, 0.717) is 17.1 Å². The van der Waals surface area contributed by atoms with Crippen LogP contribution in [0.2, 0.25) is 0 Å². The van der Waals surface area contributed by atoms with E-state index >= 15 is 0 Å². The van der Waals surface area contributed by atoms with E-state index in [1.165, 1.54) is 11.8 Å². The molecule has 148 valence electrons. The molecule has 0 fully saturated rings. The van der Waals surface area contributed by atoms with E-state index < -0.39 is 0 Å². The largest absolute Gasteiger partial charge is 0.457 e. The van der Waals surface area contributed by atoms with Crippen LogP contribution in [0.4, 0.5) is 11.4 Å². The van der Waals surface area contributed by atoms with E-state index in [4.69, 9.17) is 4.74 Å². The predicted molar refractivity (Wildman–Crippen MR) is 116 cm³/mol. The molecule has 3 aromatic carbocycles. The van der Waals surface area contributed by atoms with Gasteiger partial charge in [0.05, 0.1) is 0 Å². The fourth-order valence-electron chi connectivity index (χ4n) is 2.85. The molecule has 0 heterocycles. The first-order valence-electron chi connectivity index (χ1n) is 9.40. The third-order valence-electron chi connectivity index (χ3n) is 4.60. The number of para-hydroxylation sites is 1. The zero-order valence-corrected chi connectivity index (χ0v) is 16.8. The van der Waals surface area contributed by atoms with Crippen molar-refractivity contribution in [2.75, 3.05) is 16.8 Å². The Balaban J connectivity index is 1.64. The number of rotatable bonds is 6. The first-order chi connectivity index (χ1) is 13.9. The highest BCUT2D eigenvalue weighted by atomic mass is 16.5. The Bertz CT molecular complexity index is 998. The molecule has 2 amide bonds. The van der Waals surface area contributed by atoms with Crippen LogP contribution in [0.1, 0.15) is 18.1 Å². The average molecular weight is 388 g/mol. The van der Waals surface area contributed by atoms with Gasteiger partial charge in [0.2, 0.25) is 11.8 Å². The Labute approximate surface area is 170 Å². The fraction of sp³-hybridized carbons (Fsp3) is 0.167. The predicted octanol–water partition coefficient (Wildman–Crippen LogP) is 5.09. The molecule has 5 heteroatoms. The molecule has 0 saturated carbocycles. The lowest BCUT2D eigenvalue weighted by Crippen LogP contribution is -2.36. The van der Waals surface area contributed by atoms with Crippen LogP contribution in [0.5, 0.6) is 11.5 Å². The lowest BCUT2D eigenvalue weighted by Gasteiger charge is -2.21. The second kappa shape index (κ2) is 9.06. The molecular formula is C24H24N2O3. The molecule has 0 atom stereocenters. The molecule has 3 aromatic rings. The Morgan fingerprint density at radius 2 is 1.52 bits per heavy atom. The van der Waals surface area contributed by atoms with Gasteiger partial charge in [-0.25, -0.2) is 0 Å². The van der Waals surface area contributed by atoms with E-state index in [-0.39, 0.29) is 18.4 Å². The molecule has 0 saturated heterocycles. The van der Waals surface area contributed by atoms with Crippen LogP contribution in [-0.2, 0) is 9.59 Å². The van der Waals surface area contributed by atoms with Crippen molar-refractivity contribution >= 4 is 23.2 Å². The zero-order valence-electron chi connectivity index (χ0n) is 16.8. The SMILES string of the molecule is CC(=O)N(CC(=O)Nc1ccc(Oc2ccccc2)cc1)c1ccc(C)c(C)c1. The maximum atomic E-state index is 12.5. The zero-order chi connectivity index (χ0) is 20.8. The molecule has 29 heavy (non-hydrogen) atoms. The topological polar surface area (TPSA) is 58.6 Å². The second-order valence-corrected chi connectivity index (χ2v) is 6.86. The molecule has 0 aliphatic heterocycles. The van der Waals surface area contributed by atoms with Crippen molar-refractivity contribution in [2.45, 2.75) is 20.8 Å². The summed E-state index contributed by atoms with van der Waals surface area (Å²) in [7, 11) is 0. The van der Waals surface area contributed by atoms with Crippen molar-refractivity contribution in [3.05, 3.63) is 83.9 Å². The number of carbonyl (C=O) groups is 2. The van der Waals surface area contributed by atoms with Gasteiger partial charge < -0.3 is 15.0 Å². The van der Waals surface area contributed by atoms with E-state index in [9.17, 15) is 9.59 Å². The quantitative estimate of drug-likeness (QED) is 0.640. The van der Waals surface area contributed by atoms with E-state index in [0.717, 1.165) is 16.9 Å². The second-order valence-electron chi connectivity index (χ2n) is 6.86. The Kier molecular flexibility index (Phi) is 6.29. The minimum absolute atomic E-state index is 0.0555. The number of hydrogen-bond donors (Lipinski definition) is 1. The molecule has 1 N–H and O–H groups in total. The number of anilines is 2. The summed E-state index contributed by atoms with van der Waals surface area (Å²) in [6.07, 6.45) is 0. The van der Waals surface area contributed by atoms with Crippen molar-refractivity contribution < 1.29 is 14.3 Å². The molecular weight excluding hydrogens is 364 g/mol. The summed E-state index contributed by atoms with van der Waals surface area (Å²) in [6.45, 7) is 5.39. The average Bonchev–Trinajstić information content (AvgIpc) is 2.70. The maximum absolute atomic E-state index is 12.5. The highest BCUT2D eigenvalue weighted by Crippen LogP contribution is 2.23. The van der Waals surface area contributed by atoms with Crippen LogP contribution in [0, 0.1) is 13.8 Å². The van der Waals surface area contributed by atoms with Crippen molar-refractivity contribution in [1.29, 1.82) is 0 Å². The molecule has 0 aromatic heterocycles. The number of aryl methyl sites for hydroxylation is 2. The molecule has 0 spiro atoms. The highest BCUT2D eigenvalue weighted by molar-refractivity contribution is 6.01. The summed E-state index contributed by atoms with van der Waals surface area (Å²) in [4.78, 5) is 26.0. The van der Waals surface area contributed by atoms with Gasteiger partial charge >= 0.3 is 0 Å². The molecule has 0 aliphatic carbocycles. The smallest absolute Gasteiger partial charge is 0.244 e. The van der Waals surface area contributed by atoms with Gasteiger partial charge in [-0.15, -0.1) is 0 Å². The van der Waals surface area contributed by atoms with Crippen molar-refractivity contribution in [3.63, 3.8) is 0 Å². The lowest BCUT2D eigenvalue weighted by molar-refractivity contribution is -0.120. The molecule has 0 aliphatic rings. The number of ether oxygens (including phenoxy) is 1. The standard InChI is InChI=1S/C24H24N2O3/c1-17-9-12-21(15-18(17)2)26(19(3)27)16-24(28)25-20-10-13-23(14-11-20)29-22-7-5-4-6-8-22/h4-15H,16H2,1-3H3,(H,25,28). The Hall–Kier alpha value is -3.60. The van der Waals surface area contributed by atoms with E-state index in [1.54, 1.807) is 24.3 Å². The van der Waals surface area contributed by atoms with Crippen LogP contribution in [-0.4, -0.2) is 18.4 Å². The lowest BCUT2D eigenvalue weighted by atomic mass is 10.1. The van der Waals surface area contributed by atoms with E-state index in [2.05, 4.69) is 5.32 Å². The van der Waals surface area contributed by atoms with Crippen LogP contribution < -0.4 is 15.0 Å². The van der Waals surface area contributed by atoms with Gasteiger partial charge in [-0.05, 0) is 73.5 Å². The number of hydrogen-bond acceptors (Lipinski definition) is 3. The third-order valence-corrected chi connectivity index (χ3v) is 4.60. The van der Waals surface area contributed by atoms with Crippen molar-refractivity contribution in [2.24, 2.45) is 0 Å². The first kappa shape index (κ1) is 20.1. The highest BCUT2D eigenvalue weighted by Gasteiger charge is 2.16. The maximum Gasteiger partial charge on any atom is 0.244 e. The Morgan fingerprint density at radius 1 is 0.862 bits per heavy atom. The van der Waals surface area contributed by atoms with Gasteiger partial charge in [0.1, 0.15) is 18.0 Å². The Morgan fingerprint density at radius 3 is 2.14 bits per heavy atom. The van der Waals surface area contributed by atoms with Crippen molar-refractivity contribution in [1.82, 2.24) is 0 Å². The van der Waals surface area contributed by atoms with Crippen LogP contribution in [0.25, 0.3) is 0 Å². The first-order valence-corrected chi connectivity index (χ1v) is 9.40. The summed E-state index contributed by atoms with van der Waals surface area (Å²) >= 11 is 0. The van der Waals surface area contributed by atoms with Crippen LogP contribution in [0.3, 0.4) is 0 Å². The summed E-state index contributed by atoms with van der Waals surface area (Å²) in [5, 5.41) is 2.83. The minimum Gasteiger partial charge on any atom is -0.457 e. The van der Waals surface area contributed by atoms with E-state index in [1.807, 2.05) is 62.4 Å². The van der Waals surface area contributed by atoms with Gasteiger partial charge in [-0.1, -0.05) is 24.3 Å². The molecule has 0 unspecified atom stereocenters. The van der Waals surface area contributed by atoms with Crippen LogP contribution >= 0.6 is 0 Å². The van der Waals surface area contributed by atoms with Crippen LogP contribution in [0.15, 0.2) is 72.8 Å². The molecule has 3 rings (SSSR count). The summed E-state index contributed by atoms with van der Waals surface area (Å²) in [6, 6.07) is 22.3. The number of amides is 2. The fourth-order valence-corrected chi connectivity index (χ4v) is 2.85. The molecule has 0 bridgehead atoms. The summed E-state index contributed by atoms with van der Waals surface area (Å²) in [5.74, 6) is 0.967. The summed E-state index contributed by atoms with van der Waals surface area (Å²) in [5.41, 5.74) is 3.56. The van der Waals surface area contributed by atoms with Gasteiger partial charge in [0, 0.05) is 18.3 Å². The minimum atomic E-state index is -0.268. The van der Waals surface area contributed by atoms with Gasteiger partial charge in [-0.3, -0.25) is 9.59 Å². The van der Waals surface area contributed by atoms with Crippen molar-refractivity contribution in [3.8, 4) is 11.5 Å². The van der Waals surface area contributed by atoms with Gasteiger partial charge in [0.25, 0.3) is 0 Å². The molecule has 0 radical (unpaired) electrons. The monoisotopic (exact) mass is 388 g/mol. The summed E-state index contributed by atoms with van der Waals surface area (Å²) < 4.78 is 5.75. The molecule has 5 nitrogen and oxygen atoms in total. The normalized spacial score (nSPS) is 10.3. The third kappa shape index (κ3) is 5.45. The van der Waals surface area contributed by atoms with Gasteiger partial charge in [0.15, 0.2) is 0 Å². The number of benzene rings is 3. The number of carbonyl (C=O) groups excluding carboxylic acids is 2. The number of nitrogens with one attached hydrogen (secondary N) is 1. The number of nitrogens with zero attached hydrogens (tertiary/aromatic N) is 1. The van der Waals surface area contributed by atoms with Gasteiger partial charge in [-0.2, -0.15) is 0 Å².